The topological polar surface area (TPSA) is 12.0 Å². The molecule has 2 aromatic rings. The second-order valence-corrected chi connectivity index (χ2v) is 4.67. The van der Waals surface area contributed by atoms with Crippen LogP contribution in [-0.4, -0.2) is 6.54 Å². The Kier molecular flexibility index (Phi) is 2.41. The first kappa shape index (κ1) is 9.86. The zero-order chi connectivity index (χ0) is 11.0. The van der Waals surface area contributed by atoms with Gasteiger partial charge in [-0.05, 0) is 48.2 Å². The predicted molar refractivity (Wildman–Crippen MR) is 68.7 cm³/mol. The molecule has 0 bridgehead atoms. The lowest BCUT2D eigenvalue weighted by Crippen LogP contribution is -2.13. The molecule has 1 heterocycles. The molecule has 0 radical (unpaired) electrons. The van der Waals surface area contributed by atoms with E-state index in [1.165, 1.54) is 34.7 Å². The predicted octanol–water partition coefficient (Wildman–Crippen LogP) is 3.57. The molecule has 1 heteroatoms. The number of rotatable bonds is 1. The van der Waals surface area contributed by atoms with Crippen LogP contribution in [-0.2, 0) is 0 Å². The highest BCUT2D eigenvalue weighted by Crippen LogP contribution is 2.31. The van der Waals surface area contributed by atoms with Crippen molar-refractivity contribution >= 4 is 10.8 Å². The van der Waals surface area contributed by atoms with Gasteiger partial charge in [0.1, 0.15) is 0 Å². The van der Waals surface area contributed by atoms with Crippen LogP contribution < -0.4 is 5.32 Å². The summed E-state index contributed by atoms with van der Waals surface area (Å²) in [5.74, 6) is 0. The fraction of sp³-hybridized carbons (Fsp3) is 0.333. The van der Waals surface area contributed by atoms with Crippen LogP contribution in [0.2, 0.25) is 0 Å². The third-order valence-electron chi connectivity index (χ3n) is 3.61. The molecule has 1 fully saturated rings. The molecule has 0 spiro atoms. The van der Waals surface area contributed by atoms with E-state index in [1.807, 2.05) is 0 Å². The van der Waals surface area contributed by atoms with E-state index in [0.29, 0.717) is 6.04 Å². The van der Waals surface area contributed by atoms with Crippen LogP contribution in [0.3, 0.4) is 0 Å². The molecule has 1 nitrogen and oxygen atoms in total. The van der Waals surface area contributed by atoms with Gasteiger partial charge in [0.2, 0.25) is 0 Å². The Morgan fingerprint density at radius 2 is 1.88 bits per heavy atom. The van der Waals surface area contributed by atoms with Crippen molar-refractivity contribution in [3.8, 4) is 0 Å². The summed E-state index contributed by atoms with van der Waals surface area (Å²) in [6.07, 6.45) is 2.57. The lowest BCUT2D eigenvalue weighted by Gasteiger charge is -2.15. The molecule has 16 heavy (non-hydrogen) atoms. The van der Waals surface area contributed by atoms with E-state index in [4.69, 9.17) is 0 Å². The van der Waals surface area contributed by atoms with E-state index in [-0.39, 0.29) is 0 Å². The van der Waals surface area contributed by atoms with Crippen molar-refractivity contribution in [2.75, 3.05) is 6.54 Å². The summed E-state index contributed by atoms with van der Waals surface area (Å²) in [4.78, 5) is 0. The molecular formula is C15H17N. The Bertz CT molecular complexity index is 510. The van der Waals surface area contributed by atoms with E-state index in [0.717, 1.165) is 6.54 Å². The number of fused-ring (bicyclic) bond motifs is 1. The molecule has 0 aliphatic carbocycles. The molecule has 82 valence electrons. The summed E-state index contributed by atoms with van der Waals surface area (Å²) in [6.45, 7) is 3.35. The quantitative estimate of drug-likeness (QED) is 0.760. The average molecular weight is 211 g/mol. The molecule has 0 amide bonds. The van der Waals surface area contributed by atoms with Gasteiger partial charge in [-0.15, -0.1) is 0 Å². The summed E-state index contributed by atoms with van der Waals surface area (Å²) >= 11 is 0. The van der Waals surface area contributed by atoms with Crippen LogP contribution >= 0.6 is 0 Å². The largest absolute Gasteiger partial charge is 0.310 e. The minimum absolute atomic E-state index is 0.561. The van der Waals surface area contributed by atoms with Crippen molar-refractivity contribution < 1.29 is 0 Å². The maximum absolute atomic E-state index is 3.58. The number of hydrogen-bond donors (Lipinski definition) is 1. The Morgan fingerprint density at radius 3 is 2.62 bits per heavy atom. The summed E-state index contributed by atoms with van der Waals surface area (Å²) in [6, 6.07) is 13.8. The fourth-order valence-electron chi connectivity index (χ4n) is 2.73. The average Bonchev–Trinajstić information content (AvgIpc) is 2.83. The first-order valence-corrected chi connectivity index (χ1v) is 6.08. The summed E-state index contributed by atoms with van der Waals surface area (Å²) in [7, 11) is 0. The Hall–Kier alpha value is -1.34. The maximum atomic E-state index is 3.58. The molecule has 1 atom stereocenters. The van der Waals surface area contributed by atoms with Gasteiger partial charge in [0, 0.05) is 6.04 Å². The minimum atomic E-state index is 0.561. The lowest BCUT2D eigenvalue weighted by molar-refractivity contribution is 0.653. The van der Waals surface area contributed by atoms with Gasteiger partial charge in [0.15, 0.2) is 0 Å². The second kappa shape index (κ2) is 3.91. The Balaban J connectivity index is 2.21. The third kappa shape index (κ3) is 1.52. The van der Waals surface area contributed by atoms with Gasteiger partial charge < -0.3 is 5.32 Å². The van der Waals surface area contributed by atoms with Gasteiger partial charge in [-0.2, -0.15) is 0 Å². The first-order chi connectivity index (χ1) is 7.86. The van der Waals surface area contributed by atoms with Crippen molar-refractivity contribution in [2.24, 2.45) is 0 Å². The van der Waals surface area contributed by atoms with Gasteiger partial charge in [-0.25, -0.2) is 0 Å². The van der Waals surface area contributed by atoms with E-state index >= 15 is 0 Å². The van der Waals surface area contributed by atoms with Gasteiger partial charge >= 0.3 is 0 Å². The number of hydrogen-bond acceptors (Lipinski definition) is 1. The number of nitrogens with one attached hydrogen (secondary N) is 1. The molecule has 1 aliphatic heterocycles. The standard InChI is InChI=1S/C15H17N/c1-11-8-9-14(15-7-4-10-16-15)13-6-3-2-5-12(11)13/h2-3,5-6,8-9,15-16H,4,7,10H2,1H3/t15-/m0/s1. The van der Waals surface area contributed by atoms with Crippen LogP contribution in [0.1, 0.15) is 30.0 Å². The number of benzene rings is 2. The molecular weight excluding hydrogens is 194 g/mol. The molecule has 1 saturated heterocycles. The molecule has 0 saturated carbocycles. The van der Waals surface area contributed by atoms with Crippen molar-refractivity contribution in [1.82, 2.24) is 5.32 Å². The highest BCUT2D eigenvalue weighted by atomic mass is 14.9. The van der Waals surface area contributed by atoms with Gasteiger partial charge in [0.05, 0.1) is 0 Å². The highest BCUT2D eigenvalue weighted by molar-refractivity contribution is 5.88. The molecule has 1 aliphatic rings. The smallest absolute Gasteiger partial charge is 0.0326 e. The van der Waals surface area contributed by atoms with E-state index in [9.17, 15) is 0 Å². The molecule has 0 unspecified atom stereocenters. The lowest BCUT2D eigenvalue weighted by atomic mass is 9.95. The molecule has 1 N–H and O–H groups in total. The van der Waals surface area contributed by atoms with Crippen molar-refractivity contribution in [1.29, 1.82) is 0 Å². The summed E-state index contributed by atoms with van der Waals surface area (Å²) in [5, 5.41) is 6.40. The first-order valence-electron chi connectivity index (χ1n) is 6.08. The van der Waals surface area contributed by atoms with Gasteiger partial charge in [-0.3, -0.25) is 0 Å². The van der Waals surface area contributed by atoms with Crippen LogP contribution in [0.4, 0.5) is 0 Å². The van der Waals surface area contributed by atoms with Gasteiger partial charge in [0.25, 0.3) is 0 Å². The number of aryl methyl sites for hydroxylation is 1. The SMILES string of the molecule is Cc1ccc([C@@H]2CCCN2)c2ccccc12. The Morgan fingerprint density at radius 1 is 1.06 bits per heavy atom. The minimum Gasteiger partial charge on any atom is -0.310 e. The third-order valence-corrected chi connectivity index (χ3v) is 3.61. The van der Waals surface area contributed by atoms with Gasteiger partial charge in [-0.1, -0.05) is 36.4 Å². The van der Waals surface area contributed by atoms with E-state index in [1.54, 1.807) is 0 Å². The zero-order valence-corrected chi connectivity index (χ0v) is 9.66. The molecule has 3 rings (SSSR count). The molecule has 2 aromatic carbocycles. The summed E-state index contributed by atoms with van der Waals surface area (Å²) < 4.78 is 0. The highest BCUT2D eigenvalue weighted by Gasteiger charge is 2.18. The second-order valence-electron chi connectivity index (χ2n) is 4.67. The fourth-order valence-corrected chi connectivity index (χ4v) is 2.73. The molecule has 0 aromatic heterocycles. The van der Waals surface area contributed by atoms with Crippen LogP contribution in [0, 0.1) is 6.92 Å². The van der Waals surface area contributed by atoms with Crippen molar-refractivity contribution in [3.63, 3.8) is 0 Å². The van der Waals surface area contributed by atoms with Crippen LogP contribution in [0.5, 0.6) is 0 Å². The van der Waals surface area contributed by atoms with Crippen LogP contribution in [0.15, 0.2) is 36.4 Å². The monoisotopic (exact) mass is 211 g/mol. The van der Waals surface area contributed by atoms with E-state index in [2.05, 4.69) is 48.6 Å². The normalized spacial score (nSPS) is 20.4. The summed E-state index contributed by atoms with van der Waals surface area (Å²) in [5.41, 5.74) is 2.84. The van der Waals surface area contributed by atoms with Crippen molar-refractivity contribution in [3.05, 3.63) is 47.5 Å². The Labute approximate surface area is 96.5 Å². The zero-order valence-electron chi connectivity index (χ0n) is 9.66. The van der Waals surface area contributed by atoms with E-state index < -0.39 is 0 Å². The van der Waals surface area contributed by atoms with Crippen LogP contribution in [0.25, 0.3) is 10.8 Å². The van der Waals surface area contributed by atoms with Crippen molar-refractivity contribution in [2.45, 2.75) is 25.8 Å². The maximum Gasteiger partial charge on any atom is 0.0326 e.